The molecule has 2 rings (SSSR count). The van der Waals surface area contributed by atoms with Crippen LogP contribution in [0, 0.1) is 12.8 Å². The highest BCUT2D eigenvalue weighted by atomic mass is 16.8. The van der Waals surface area contributed by atoms with E-state index < -0.39 is 0 Å². The molecule has 0 radical (unpaired) electrons. The van der Waals surface area contributed by atoms with Crippen molar-refractivity contribution in [1.29, 1.82) is 0 Å². The Kier molecular flexibility index (Phi) is 4.48. The Labute approximate surface area is 119 Å². The van der Waals surface area contributed by atoms with Crippen LogP contribution in [0.4, 0.5) is 11.4 Å². The second kappa shape index (κ2) is 6.30. The van der Waals surface area contributed by atoms with Gasteiger partial charge in [0.25, 0.3) is 0 Å². The van der Waals surface area contributed by atoms with Gasteiger partial charge in [0.05, 0.1) is 17.1 Å². The molecule has 20 heavy (non-hydrogen) atoms. The summed E-state index contributed by atoms with van der Waals surface area (Å²) in [5.41, 5.74) is 16.3. The Morgan fingerprint density at radius 2 is 1.95 bits per heavy atom. The topological polar surface area (TPSA) is 59.3 Å². The highest BCUT2D eigenvalue weighted by Crippen LogP contribution is 2.19. The number of allylic oxidation sites excluding steroid dienone is 5. The van der Waals surface area contributed by atoms with E-state index in [0.717, 1.165) is 16.9 Å². The molecule has 1 unspecified atom stereocenters. The largest absolute Gasteiger partial charge is 0.397 e. The minimum absolute atomic E-state index is 0.436. The average molecular weight is 271 g/mol. The summed E-state index contributed by atoms with van der Waals surface area (Å²) in [5, 5.41) is 0. The molecule has 4 heteroatoms. The lowest BCUT2D eigenvalue weighted by Gasteiger charge is -2.11. The summed E-state index contributed by atoms with van der Waals surface area (Å²) < 4.78 is 0. The number of anilines is 2. The first kappa shape index (κ1) is 14.2. The van der Waals surface area contributed by atoms with Gasteiger partial charge in [0.1, 0.15) is 0 Å². The smallest absolute Gasteiger partial charge is 0.0858 e. The number of rotatable bonds is 4. The van der Waals surface area contributed by atoms with E-state index in [1.165, 1.54) is 5.57 Å². The van der Waals surface area contributed by atoms with Crippen LogP contribution in [-0.2, 0) is 4.94 Å². The van der Waals surface area contributed by atoms with Gasteiger partial charge in [0, 0.05) is 0 Å². The molecule has 1 atom stereocenters. The van der Waals surface area contributed by atoms with Crippen LogP contribution >= 0.6 is 0 Å². The summed E-state index contributed by atoms with van der Waals surface area (Å²) >= 11 is 0. The van der Waals surface area contributed by atoms with Gasteiger partial charge in [0.2, 0.25) is 0 Å². The van der Waals surface area contributed by atoms with E-state index in [0.29, 0.717) is 11.6 Å². The number of aryl methyl sites for hydroxylation is 1. The van der Waals surface area contributed by atoms with Crippen LogP contribution in [0.25, 0.3) is 0 Å². The van der Waals surface area contributed by atoms with Gasteiger partial charge in [-0.05, 0) is 49.6 Å². The fraction of sp³-hybridized carbons (Fsp3) is 0.250. The lowest BCUT2D eigenvalue weighted by atomic mass is 10.0. The predicted octanol–water partition coefficient (Wildman–Crippen LogP) is 3.46. The normalized spacial score (nSPS) is 18.1. The van der Waals surface area contributed by atoms with Gasteiger partial charge in [-0.1, -0.05) is 30.7 Å². The fourth-order valence-electron chi connectivity index (χ4n) is 1.81. The first-order valence-electron chi connectivity index (χ1n) is 6.67. The maximum Gasteiger partial charge on any atom is 0.0858 e. The summed E-state index contributed by atoms with van der Waals surface area (Å²) in [4.78, 5) is 5.28. The highest BCUT2D eigenvalue weighted by Gasteiger charge is 2.04. The minimum Gasteiger partial charge on any atom is -0.397 e. The molecule has 4 nitrogen and oxygen atoms in total. The third-order valence-corrected chi connectivity index (χ3v) is 3.35. The Morgan fingerprint density at radius 3 is 2.70 bits per heavy atom. The summed E-state index contributed by atoms with van der Waals surface area (Å²) in [7, 11) is 0. The van der Waals surface area contributed by atoms with E-state index >= 15 is 0 Å². The van der Waals surface area contributed by atoms with Crippen molar-refractivity contribution in [2.24, 2.45) is 5.92 Å². The molecule has 1 aromatic rings. The zero-order valence-electron chi connectivity index (χ0n) is 12.1. The number of nitrogen functional groups attached to an aromatic ring is 1. The molecule has 0 spiro atoms. The lowest BCUT2D eigenvalue weighted by Crippen LogP contribution is -2.17. The predicted molar refractivity (Wildman–Crippen MR) is 83.6 cm³/mol. The van der Waals surface area contributed by atoms with Gasteiger partial charge in [-0.3, -0.25) is 0 Å². The number of nitrogens with two attached hydrogens (primary N) is 1. The van der Waals surface area contributed by atoms with E-state index in [1.54, 1.807) is 0 Å². The van der Waals surface area contributed by atoms with E-state index in [1.807, 2.05) is 37.3 Å². The zero-order valence-corrected chi connectivity index (χ0v) is 12.1. The Hall–Kier alpha value is -2.20. The van der Waals surface area contributed by atoms with Crippen molar-refractivity contribution in [3.05, 3.63) is 59.3 Å². The molecule has 1 aliphatic rings. The van der Waals surface area contributed by atoms with Gasteiger partial charge in [-0.25, -0.2) is 11.0 Å². The van der Waals surface area contributed by atoms with Crippen LogP contribution in [0.2, 0.25) is 0 Å². The maximum absolute atomic E-state index is 5.89. The number of nitrogens with one attached hydrogen (secondary N) is 2. The van der Waals surface area contributed by atoms with E-state index in [4.69, 9.17) is 10.7 Å². The second-order valence-corrected chi connectivity index (χ2v) is 5.08. The SMILES string of the molecule is CC1=CC=C(NONc2ccc(C)cc2N)C=CC1C. The molecule has 1 aromatic carbocycles. The van der Waals surface area contributed by atoms with Crippen LogP contribution in [0.1, 0.15) is 19.4 Å². The number of benzene rings is 1. The van der Waals surface area contributed by atoms with Gasteiger partial charge in [-0.2, -0.15) is 4.94 Å². The van der Waals surface area contributed by atoms with Crippen molar-refractivity contribution >= 4 is 11.4 Å². The fourth-order valence-corrected chi connectivity index (χ4v) is 1.81. The molecule has 0 aromatic heterocycles. The molecule has 0 heterocycles. The van der Waals surface area contributed by atoms with Crippen molar-refractivity contribution in [3.8, 4) is 0 Å². The van der Waals surface area contributed by atoms with Gasteiger partial charge in [0.15, 0.2) is 0 Å². The second-order valence-electron chi connectivity index (χ2n) is 5.08. The molecule has 0 saturated heterocycles. The minimum atomic E-state index is 0.436. The average Bonchev–Trinajstić information content (AvgIpc) is 2.57. The summed E-state index contributed by atoms with van der Waals surface area (Å²) in [5.74, 6) is 0.436. The molecule has 106 valence electrons. The van der Waals surface area contributed by atoms with Gasteiger partial charge in [-0.15, -0.1) is 0 Å². The molecule has 4 N–H and O–H groups in total. The Balaban J connectivity index is 1.92. The van der Waals surface area contributed by atoms with Crippen molar-refractivity contribution in [1.82, 2.24) is 5.48 Å². The quantitative estimate of drug-likeness (QED) is 0.580. The monoisotopic (exact) mass is 271 g/mol. The van der Waals surface area contributed by atoms with E-state index in [-0.39, 0.29) is 0 Å². The number of hydroxylamine groups is 1. The molecular weight excluding hydrogens is 250 g/mol. The molecule has 0 fully saturated rings. The molecule has 0 saturated carbocycles. The van der Waals surface area contributed by atoms with Crippen molar-refractivity contribution < 1.29 is 4.94 Å². The molecule has 0 bridgehead atoms. The lowest BCUT2D eigenvalue weighted by molar-refractivity contribution is 0.117. The van der Waals surface area contributed by atoms with E-state index in [9.17, 15) is 0 Å². The van der Waals surface area contributed by atoms with Gasteiger partial charge >= 0.3 is 0 Å². The Bertz CT molecular complexity index is 573. The summed E-state index contributed by atoms with van der Waals surface area (Å²) in [6, 6.07) is 5.75. The first-order valence-corrected chi connectivity index (χ1v) is 6.67. The molecule has 0 aliphatic heterocycles. The van der Waals surface area contributed by atoms with Crippen LogP contribution in [0.3, 0.4) is 0 Å². The highest BCUT2D eigenvalue weighted by molar-refractivity contribution is 5.65. The summed E-state index contributed by atoms with van der Waals surface area (Å²) in [6.07, 6.45) is 8.19. The number of hydrogen-bond acceptors (Lipinski definition) is 4. The molecule has 1 aliphatic carbocycles. The third-order valence-electron chi connectivity index (χ3n) is 3.35. The van der Waals surface area contributed by atoms with Crippen molar-refractivity contribution in [3.63, 3.8) is 0 Å². The van der Waals surface area contributed by atoms with Crippen molar-refractivity contribution in [2.45, 2.75) is 20.8 Å². The van der Waals surface area contributed by atoms with Crippen LogP contribution < -0.4 is 16.7 Å². The third kappa shape index (κ3) is 3.65. The zero-order chi connectivity index (χ0) is 14.5. The summed E-state index contributed by atoms with van der Waals surface area (Å²) in [6.45, 7) is 6.27. The standard InChI is InChI=1S/C16H21N3O/c1-11-4-9-16(15(17)10-11)19-20-18-14-7-5-12(2)13(3)6-8-14/h4-10,12,18-19H,17H2,1-3H3. The van der Waals surface area contributed by atoms with Crippen LogP contribution in [0.15, 0.2) is 53.8 Å². The maximum atomic E-state index is 5.89. The van der Waals surface area contributed by atoms with Gasteiger partial charge < -0.3 is 5.73 Å². The van der Waals surface area contributed by atoms with Crippen LogP contribution in [-0.4, -0.2) is 0 Å². The van der Waals surface area contributed by atoms with Crippen molar-refractivity contribution in [2.75, 3.05) is 11.2 Å². The van der Waals surface area contributed by atoms with E-state index in [2.05, 4.69) is 37.0 Å². The number of hydrogen-bond donors (Lipinski definition) is 3. The molecule has 0 amide bonds. The first-order chi connectivity index (χ1) is 9.56. The van der Waals surface area contributed by atoms with Crippen LogP contribution in [0.5, 0.6) is 0 Å². The molecular formula is C16H21N3O. The Morgan fingerprint density at radius 1 is 1.15 bits per heavy atom.